The molecule has 0 saturated carbocycles. The van der Waals surface area contributed by atoms with E-state index in [0.717, 1.165) is 0 Å². The maximum Gasteiger partial charge on any atom is -0.0274 e. The van der Waals surface area contributed by atoms with E-state index in [2.05, 4.69) is 39.8 Å². The molecular formula is C20H34. The summed E-state index contributed by atoms with van der Waals surface area (Å²) in [5, 5.41) is 0. The lowest BCUT2D eigenvalue weighted by molar-refractivity contribution is 0.564. The first-order valence-corrected chi connectivity index (χ1v) is 8.72. The van der Waals surface area contributed by atoms with Crippen molar-refractivity contribution in [2.45, 2.75) is 91.9 Å². The molecule has 1 aromatic rings. The summed E-state index contributed by atoms with van der Waals surface area (Å²) < 4.78 is 0. The van der Waals surface area contributed by atoms with Gasteiger partial charge in [0.05, 0.1) is 0 Å². The second-order valence-corrected chi connectivity index (χ2v) is 6.46. The average Bonchev–Trinajstić information content (AvgIpc) is 2.39. The summed E-state index contributed by atoms with van der Waals surface area (Å²) in [6, 6.07) is 4.66. The zero-order chi connectivity index (χ0) is 14.8. The smallest absolute Gasteiger partial charge is 0.0274 e. The van der Waals surface area contributed by atoms with Crippen molar-refractivity contribution >= 4 is 0 Å². The van der Waals surface area contributed by atoms with Crippen LogP contribution in [0.2, 0.25) is 0 Å². The SMILES string of the molecule is CCCCCCCCCCCc1c(C)cc(C)cc1C. The summed E-state index contributed by atoms with van der Waals surface area (Å²) in [6.07, 6.45) is 14.0. The van der Waals surface area contributed by atoms with Crippen molar-refractivity contribution in [3.63, 3.8) is 0 Å². The van der Waals surface area contributed by atoms with Gasteiger partial charge in [0.2, 0.25) is 0 Å². The van der Waals surface area contributed by atoms with E-state index >= 15 is 0 Å². The summed E-state index contributed by atoms with van der Waals surface area (Å²) in [5.74, 6) is 0. The van der Waals surface area contributed by atoms with E-state index in [1.807, 2.05) is 0 Å². The topological polar surface area (TPSA) is 0 Å². The third kappa shape index (κ3) is 6.59. The minimum atomic E-state index is 1.27. The van der Waals surface area contributed by atoms with Gasteiger partial charge in [-0.3, -0.25) is 0 Å². The number of rotatable bonds is 10. The quantitative estimate of drug-likeness (QED) is 0.417. The summed E-state index contributed by atoms with van der Waals surface area (Å²) >= 11 is 0. The van der Waals surface area contributed by atoms with E-state index in [1.165, 1.54) is 80.9 Å². The van der Waals surface area contributed by atoms with Gasteiger partial charge in [-0.1, -0.05) is 76.0 Å². The maximum absolute atomic E-state index is 2.33. The minimum Gasteiger partial charge on any atom is -0.0654 e. The molecule has 0 nitrogen and oxygen atoms in total. The van der Waals surface area contributed by atoms with E-state index in [0.29, 0.717) is 0 Å². The van der Waals surface area contributed by atoms with Gasteiger partial charge in [0.15, 0.2) is 0 Å². The fourth-order valence-electron chi connectivity index (χ4n) is 3.22. The van der Waals surface area contributed by atoms with E-state index in [1.54, 1.807) is 5.56 Å². The van der Waals surface area contributed by atoms with E-state index in [4.69, 9.17) is 0 Å². The highest BCUT2D eigenvalue weighted by atomic mass is 14.1. The number of unbranched alkanes of at least 4 members (excludes halogenated alkanes) is 8. The monoisotopic (exact) mass is 274 g/mol. The third-order valence-electron chi connectivity index (χ3n) is 4.37. The lowest BCUT2D eigenvalue weighted by Crippen LogP contribution is -1.95. The van der Waals surface area contributed by atoms with Crippen molar-refractivity contribution in [2.75, 3.05) is 0 Å². The lowest BCUT2D eigenvalue weighted by atomic mass is 9.95. The summed E-state index contributed by atoms with van der Waals surface area (Å²) in [4.78, 5) is 0. The van der Waals surface area contributed by atoms with Crippen LogP contribution < -0.4 is 0 Å². The zero-order valence-corrected chi connectivity index (χ0v) is 14.2. The highest BCUT2D eigenvalue weighted by molar-refractivity contribution is 5.37. The Bertz CT molecular complexity index is 353. The first-order valence-electron chi connectivity index (χ1n) is 8.72. The van der Waals surface area contributed by atoms with E-state index in [-0.39, 0.29) is 0 Å². The van der Waals surface area contributed by atoms with Crippen LogP contribution in [-0.2, 0) is 6.42 Å². The number of hydrogen-bond acceptors (Lipinski definition) is 0. The number of hydrogen-bond donors (Lipinski definition) is 0. The zero-order valence-electron chi connectivity index (χ0n) is 14.2. The normalized spacial score (nSPS) is 11.0. The van der Waals surface area contributed by atoms with Crippen molar-refractivity contribution in [3.05, 3.63) is 34.4 Å². The number of aryl methyl sites for hydroxylation is 3. The molecule has 0 radical (unpaired) electrons. The summed E-state index contributed by atoms with van der Waals surface area (Å²) in [5.41, 5.74) is 5.97. The number of benzene rings is 1. The molecular weight excluding hydrogens is 240 g/mol. The molecule has 0 aliphatic heterocycles. The molecule has 0 atom stereocenters. The molecule has 0 bridgehead atoms. The molecule has 114 valence electrons. The van der Waals surface area contributed by atoms with Crippen molar-refractivity contribution in [2.24, 2.45) is 0 Å². The van der Waals surface area contributed by atoms with E-state index in [9.17, 15) is 0 Å². The molecule has 0 heterocycles. The Morgan fingerprint density at radius 1 is 0.650 bits per heavy atom. The molecule has 0 heteroatoms. The van der Waals surface area contributed by atoms with Gasteiger partial charge >= 0.3 is 0 Å². The van der Waals surface area contributed by atoms with Crippen LogP contribution in [0.3, 0.4) is 0 Å². The van der Waals surface area contributed by atoms with Crippen LogP contribution in [0.5, 0.6) is 0 Å². The minimum absolute atomic E-state index is 1.27. The van der Waals surface area contributed by atoms with Crippen LogP contribution in [0, 0.1) is 20.8 Å². The Hall–Kier alpha value is -0.780. The second kappa shape index (κ2) is 10.0. The van der Waals surface area contributed by atoms with Gasteiger partial charge in [-0.25, -0.2) is 0 Å². The van der Waals surface area contributed by atoms with Gasteiger partial charge in [0, 0.05) is 0 Å². The first-order chi connectivity index (χ1) is 9.65. The average molecular weight is 274 g/mol. The van der Waals surface area contributed by atoms with Crippen LogP contribution in [0.25, 0.3) is 0 Å². The molecule has 0 aliphatic rings. The molecule has 0 amide bonds. The Labute approximate surface area is 127 Å². The molecule has 0 fully saturated rings. The molecule has 0 N–H and O–H groups in total. The van der Waals surface area contributed by atoms with Gasteiger partial charge in [-0.2, -0.15) is 0 Å². The first kappa shape index (κ1) is 17.3. The molecule has 1 aromatic carbocycles. The predicted molar refractivity (Wildman–Crippen MR) is 91.6 cm³/mol. The van der Waals surface area contributed by atoms with Gasteiger partial charge in [0.1, 0.15) is 0 Å². The molecule has 0 aliphatic carbocycles. The van der Waals surface area contributed by atoms with Crippen LogP contribution in [-0.4, -0.2) is 0 Å². The molecule has 0 aromatic heterocycles. The fourth-order valence-corrected chi connectivity index (χ4v) is 3.22. The molecule has 0 spiro atoms. The highest BCUT2D eigenvalue weighted by Gasteiger charge is 2.03. The highest BCUT2D eigenvalue weighted by Crippen LogP contribution is 2.19. The molecule has 1 rings (SSSR count). The van der Waals surface area contributed by atoms with Gasteiger partial charge in [0.25, 0.3) is 0 Å². The van der Waals surface area contributed by atoms with Crippen LogP contribution >= 0.6 is 0 Å². The van der Waals surface area contributed by atoms with Crippen LogP contribution in [0.4, 0.5) is 0 Å². The van der Waals surface area contributed by atoms with Crippen molar-refractivity contribution < 1.29 is 0 Å². The standard InChI is InChI=1S/C20H34/c1-5-6-7-8-9-10-11-12-13-14-20-18(3)15-17(2)16-19(20)4/h15-16H,5-14H2,1-4H3. The molecule has 0 unspecified atom stereocenters. The lowest BCUT2D eigenvalue weighted by Gasteiger charge is -2.11. The van der Waals surface area contributed by atoms with E-state index < -0.39 is 0 Å². The largest absolute Gasteiger partial charge is 0.0654 e. The second-order valence-electron chi connectivity index (χ2n) is 6.46. The Morgan fingerprint density at radius 3 is 1.60 bits per heavy atom. The van der Waals surface area contributed by atoms with Crippen molar-refractivity contribution in [3.8, 4) is 0 Å². The fraction of sp³-hybridized carbons (Fsp3) is 0.700. The molecule has 20 heavy (non-hydrogen) atoms. The van der Waals surface area contributed by atoms with Gasteiger partial charge in [-0.15, -0.1) is 0 Å². The maximum atomic E-state index is 2.33. The van der Waals surface area contributed by atoms with Crippen LogP contribution in [0.1, 0.15) is 87.0 Å². The summed E-state index contributed by atoms with van der Waals surface area (Å²) in [7, 11) is 0. The molecule has 0 saturated heterocycles. The van der Waals surface area contributed by atoms with Gasteiger partial charge in [-0.05, 0) is 50.3 Å². The Balaban J connectivity index is 2.13. The Kier molecular flexibility index (Phi) is 8.65. The summed E-state index contributed by atoms with van der Waals surface area (Å²) in [6.45, 7) is 9.02. The van der Waals surface area contributed by atoms with Gasteiger partial charge < -0.3 is 0 Å². The van der Waals surface area contributed by atoms with Crippen molar-refractivity contribution in [1.82, 2.24) is 0 Å². The van der Waals surface area contributed by atoms with Crippen molar-refractivity contribution in [1.29, 1.82) is 0 Å². The van der Waals surface area contributed by atoms with Crippen LogP contribution in [0.15, 0.2) is 12.1 Å². The Morgan fingerprint density at radius 2 is 1.10 bits per heavy atom. The third-order valence-corrected chi connectivity index (χ3v) is 4.37. The predicted octanol–water partition coefficient (Wildman–Crippen LogP) is 6.69.